The van der Waals surface area contributed by atoms with Gasteiger partial charge in [0.25, 0.3) is 0 Å². The summed E-state index contributed by atoms with van der Waals surface area (Å²) in [5.74, 6) is -1.07. The third kappa shape index (κ3) is 2.98. The van der Waals surface area contributed by atoms with E-state index in [1.165, 1.54) is 23.1 Å². The van der Waals surface area contributed by atoms with E-state index in [-0.39, 0.29) is 0 Å². The van der Waals surface area contributed by atoms with Gasteiger partial charge in [-0.05, 0) is 32.6 Å². The van der Waals surface area contributed by atoms with E-state index in [0.29, 0.717) is 5.13 Å². The summed E-state index contributed by atoms with van der Waals surface area (Å²) in [6.07, 6.45) is 4.28. The molecule has 7 heteroatoms. The lowest BCUT2D eigenvalue weighted by atomic mass is 10.0. The average molecular weight is 269 g/mol. The molecule has 18 heavy (non-hydrogen) atoms. The van der Waals surface area contributed by atoms with Crippen LogP contribution in [0.1, 0.15) is 30.3 Å². The van der Waals surface area contributed by atoms with Crippen LogP contribution in [0.2, 0.25) is 0 Å². The average Bonchev–Trinajstić information content (AvgIpc) is 2.70. The normalized spacial score (nSPS) is 15.6. The number of thiazole rings is 1. The van der Waals surface area contributed by atoms with Gasteiger partial charge in [0.1, 0.15) is 6.04 Å². The molecule has 6 nitrogen and oxygen atoms in total. The summed E-state index contributed by atoms with van der Waals surface area (Å²) in [4.78, 5) is 27.7. The lowest BCUT2D eigenvalue weighted by Gasteiger charge is -2.08. The first kappa shape index (κ1) is 12.8. The Morgan fingerprint density at radius 1 is 1.39 bits per heavy atom. The molecule has 0 aromatic carbocycles. The topological polar surface area (TPSA) is 91.3 Å². The fourth-order valence-electron chi connectivity index (χ4n) is 1.80. The van der Waals surface area contributed by atoms with Crippen molar-refractivity contribution in [3.63, 3.8) is 0 Å². The Labute approximate surface area is 108 Å². The Morgan fingerprint density at radius 2 is 2.11 bits per heavy atom. The van der Waals surface area contributed by atoms with Crippen LogP contribution >= 0.6 is 11.3 Å². The number of aryl methyl sites for hydroxylation is 2. The number of hydrogen-bond acceptors (Lipinski definition) is 4. The van der Waals surface area contributed by atoms with Crippen molar-refractivity contribution in [2.75, 3.05) is 5.32 Å². The van der Waals surface area contributed by atoms with Crippen molar-refractivity contribution < 1.29 is 14.7 Å². The molecule has 1 aromatic rings. The van der Waals surface area contributed by atoms with Gasteiger partial charge >= 0.3 is 12.0 Å². The third-order valence-electron chi connectivity index (χ3n) is 2.78. The van der Waals surface area contributed by atoms with Crippen molar-refractivity contribution in [1.82, 2.24) is 10.3 Å². The molecule has 2 rings (SSSR count). The van der Waals surface area contributed by atoms with Crippen LogP contribution in [0.5, 0.6) is 0 Å². The molecule has 0 fully saturated rings. The van der Waals surface area contributed by atoms with Crippen LogP contribution in [0.15, 0.2) is 0 Å². The predicted molar refractivity (Wildman–Crippen MR) is 68.0 cm³/mol. The number of nitrogens with one attached hydrogen (secondary N) is 2. The highest BCUT2D eigenvalue weighted by Crippen LogP contribution is 2.29. The molecule has 0 radical (unpaired) electrons. The molecule has 0 bridgehead atoms. The second-order valence-electron chi connectivity index (χ2n) is 4.25. The molecular weight excluding hydrogens is 254 g/mol. The fraction of sp³-hybridized carbons (Fsp3) is 0.545. The fourth-order valence-corrected chi connectivity index (χ4v) is 2.84. The lowest BCUT2D eigenvalue weighted by Crippen LogP contribution is -2.40. The number of nitrogens with zero attached hydrogens (tertiary/aromatic N) is 1. The number of carboxylic acid groups (broad SMARTS) is 1. The molecule has 2 amide bonds. The summed E-state index contributed by atoms with van der Waals surface area (Å²) in [5.41, 5.74) is 1.06. The molecule has 0 saturated carbocycles. The second-order valence-corrected chi connectivity index (χ2v) is 5.34. The number of hydrogen-bond donors (Lipinski definition) is 3. The van der Waals surface area contributed by atoms with Crippen molar-refractivity contribution in [2.45, 2.75) is 38.6 Å². The van der Waals surface area contributed by atoms with Gasteiger partial charge in [0, 0.05) is 4.88 Å². The first-order chi connectivity index (χ1) is 8.56. The largest absolute Gasteiger partial charge is 0.480 e. The van der Waals surface area contributed by atoms with Crippen molar-refractivity contribution in [3.8, 4) is 0 Å². The maximum atomic E-state index is 11.5. The van der Waals surface area contributed by atoms with E-state index >= 15 is 0 Å². The van der Waals surface area contributed by atoms with Gasteiger partial charge in [-0.2, -0.15) is 0 Å². The minimum absolute atomic E-state index is 0.531. The summed E-state index contributed by atoms with van der Waals surface area (Å²) in [5, 5.41) is 14.1. The maximum Gasteiger partial charge on any atom is 0.325 e. The van der Waals surface area contributed by atoms with Gasteiger partial charge in [-0.1, -0.05) is 0 Å². The van der Waals surface area contributed by atoms with Crippen LogP contribution in [0.3, 0.4) is 0 Å². The Hall–Kier alpha value is -1.63. The first-order valence-electron chi connectivity index (χ1n) is 5.85. The summed E-state index contributed by atoms with van der Waals surface area (Å²) >= 11 is 1.47. The van der Waals surface area contributed by atoms with Gasteiger partial charge in [-0.3, -0.25) is 10.1 Å². The zero-order valence-electron chi connectivity index (χ0n) is 10.0. The number of carboxylic acids is 1. The summed E-state index contributed by atoms with van der Waals surface area (Å²) in [7, 11) is 0. The number of fused-ring (bicyclic) bond motifs is 1. The predicted octanol–water partition coefficient (Wildman–Crippen LogP) is 1.62. The van der Waals surface area contributed by atoms with Gasteiger partial charge < -0.3 is 10.4 Å². The minimum Gasteiger partial charge on any atom is -0.480 e. The van der Waals surface area contributed by atoms with E-state index in [1.54, 1.807) is 0 Å². The summed E-state index contributed by atoms with van der Waals surface area (Å²) in [6, 6.07) is -1.45. The number of aliphatic carboxylic acids is 1. The quantitative estimate of drug-likeness (QED) is 0.777. The molecule has 1 aromatic heterocycles. The SMILES string of the molecule is C[C@H](NC(=O)Nc1nc2c(s1)CCCC2)C(=O)O. The highest BCUT2D eigenvalue weighted by atomic mass is 32.1. The van der Waals surface area contributed by atoms with Gasteiger partial charge in [0.2, 0.25) is 0 Å². The molecule has 0 saturated heterocycles. The molecular formula is C11H15N3O3S. The number of anilines is 1. The van der Waals surface area contributed by atoms with Crippen molar-refractivity contribution in [1.29, 1.82) is 0 Å². The van der Waals surface area contributed by atoms with E-state index < -0.39 is 18.0 Å². The van der Waals surface area contributed by atoms with Crippen LogP contribution < -0.4 is 10.6 Å². The molecule has 3 N–H and O–H groups in total. The summed E-state index contributed by atoms with van der Waals surface area (Å²) < 4.78 is 0. The number of carbonyl (C=O) groups is 2. The molecule has 0 aliphatic heterocycles. The van der Waals surface area contributed by atoms with Crippen LogP contribution in [0, 0.1) is 0 Å². The van der Waals surface area contributed by atoms with Crippen molar-refractivity contribution in [3.05, 3.63) is 10.6 Å². The molecule has 0 spiro atoms. The smallest absolute Gasteiger partial charge is 0.325 e. The van der Waals surface area contributed by atoms with E-state index in [9.17, 15) is 9.59 Å². The van der Waals surface area contributed by atoms with Crippen LogP contribution in [-0.4, -0.2) is 28.1 Å². The zero-order valence-corrected chi connectivity index (χ0v) is 10.8. The Morgan fingerprint density at radius 3 is 2.78 bits per heavy atom. The lowest BCUT2D eigenvalue weighted by molar-refractivity contribution is -0.138. The highest BCUT2D eigenvalue weighted by Gasteiger charge is 2.18. The first-order valence-corrected chi connectivity index (χ1v) is 6.67. The number of aromatic nitrogens is 1. The summed E-state index contributed by atoms with van der Waals surface area (Å²) in [6.45, 7) is 1.41. The maximum absolute atomic E-state index is 11.5. The van der Waals surface area contributed by atoms with E-state index in [4.69, 9.17) is 5.11 Å². The third-order valence-corrected chi connectivity index (χ3v) is 3.86. The van der Waals surface area contributed by atoms with Gasteiger partial charge in [0.05, 0.1) is 5.69 Å². The van der Waals surface area contributed by atoms with E-state index in [0.717, 1.165) is 31.4 Å². The highest BCUT2D eigenvalue weighted by molar-refractivity contribution is 7.15. The Bertz CT molecular complexity index is 449. The molecule has 0 unspecified atom stereocenters. The van der Waals surface area contributed by atoms with Gasteiger partial charge in [0.15, 0.2) is 5.13 Å². The number of amides is 2. The van der Waals surface area contributed by atoms with Crippen LogP contribution in [0.25, 0.3) is 0 Å². The van der Waals surface area contributed by atoms with E-state index in [1.807, 2.05) is 0 Å². The van der Waals surface area contributed by atoms with E-state index in [2.05, 4.69) is 15.6 Å². The molecule has 1 atom stereocenters. The van der Waals surface area contributed by atoms with Gasteiger partial charge in [-0.15, -0.1) is 11.3 Å². The molecule has 1 aliphatic carbocycles. The second kappa shape index (κ2) is 5.34. The standard InChI is InChI=1S/C11H15N3O3S/c1-6(9(15)16)12-10(17)14-11-13-7-4-2-3-5-8(7)18-11/h6H,2-5H2,1H3,(H,15,16)(H2,12,13,14,17)/t6-/m0/s1. The number of urea groups is 1. The molecule has 98 valence electrons. The number of rotatable bonds is 3. The van der Waals surface area contributed by atoms with Crippen molar-refractivity contribution in [2.24, 2.45) is 0 Å². The zero-order chi connectivity index (χ0) is 13.1. The van der Waals surface area contributed by atoms with Gasteiger partial charge in [-0.25, -0.2) is 9.78 Å². The Balaban J connectivity index is 1.95. The molecule has 1 aliphatic rings. The molecule has 1 heterocycles. The number of carbonyl (C=O) groups excluding carboxylic acids is 1. The van der Waals surface area contributed by atoms with Crippen LogP contribution in [-0.2, 0) is 17.6 Å². The minimum atomic E-state index is -1.07. The van der Waals surface area contributed by atoms with Crippen molar-refractivity contribution >= 4 is 28.5 Å². The Kier molecular flexibility index (Phi) is 3.81. The van der Waals surface area contributed by atoms with Crippen LogP contribution in [0.4, 0.5) is 9.93 Å². The monoisotopic (exact) mass is 269 g/mol.